The molecule has 1 heterocycles. The summed E-state index contributed by atoms with van der Waals surface area (Å²) in [6, 6.07) is 0.0868. The highest BCUT2D eigenvalue weighted by Crippen LogP contribution is 2.31. The van der Waals surface area contributed by atoms with Gasteiger partial charge in [0.2, 0.25) is 0 Å². The number of hydrogen-bond donors (Lipinski definition) is 1. The number of nitrogens with zero attached hydrogens (tertiary/aromatic N) is 1. The molecule has 4 atom stereocenters. The van der Waals surface area contributed by atoms with E-state index in [9.17, 15) is 5.11 Å². The minimum Gasteiger partial charge on any atom is -0.388 e. The van der Waals surface area contributed by atoms with E-state index < -0.39 is 5.60 Å². The fourth-order valence-electron chi connectivity index (χ4n) is 2.67. The Balaban J connectivity index is 2.79. The van der Waals surface area contributed by atoms with E-state index in [2.05, 4.69) is 0 Å². The van der Waals surface area contributed by atoms with E-state index in [1.165, 1.54) is 0 Å². The standard InChI is InChI=1S/C10H21NO2/c1-7-6-10(3,12)9(11(4)5)8(2)13-7/h7-9,12H,6H2,1-5H3. The predicted molar refractivity (Wildman–Crippen MR) is 52.7 cm³/mol. The van der Waals surface area contributed by atoms with Gasteiger partial charge in [0.05, 0.1) is 23.9 Å². The summed E-state index contributed by atoms with van der Waals surface area (Å²) in [5, 5.41) is 10.2. The Bertz CT molecular complexity index is 180. The molecule has 1 aliphatic rings. The summed E-state index contributed by atoms with van der Waals surface area (Å²) >= 11 is 0. The first kappa shape index (κ1) is 11.0. The van der Waals surface area contributed by atoms with E-state index in [4.69, 9.17) is 4.74 Å². The molecule has 0 amide bonds. The summed E-state index contributed by atoms with van der Waals surface area (Å²) < 4.78 is 5.69. The number of rotatable bonds is 1. The van der Waals surface area contributed by atoms with Gasteiger partial charge >= 0.3 is 0 Å². The van der Waals surface area contributed by atoms with E-state index in [0.717, 1.165) is 0 Å². The van der Waals surface area contributed by atoms with Crippen molar-refractivity contribution < 1.29 is 9.84 Å². The Hall–Kier alpha value is -0.120. The van der Waals surface area contributed by atoms with Crippen LogP contribution in [0.2, 0.25) is 0 Å². The van der Waals surface area contributed by atoms with Gasteiger partial charge in [-0.3, -0.25) is 0 Å². The van der Waals surface area contributed by atoms with Crippen molar-refractivity contribution in [1.82, 2.24) is 4.90 Å². The maximum atomic E-state index is 10.2. The summed E-state index contributed by atoms with van der Waals surface area (Å²) in [4.78, 5) is 2.04. The quantitative estimate of drug-likeness (QED) is 0.661. The van der Waals surface area contributed by atoms with Crippen LogP contribution < -0.4 is 0 Å². The third-order valence-corrected chi connectivity index (χ3v) is 2.79. The van der Waals surface area contributed by atoms with Crippen molar-refractivity contribution in [3.8, 4) is 0 Å². The Morgan fingerprint density at radius 3 is 2.31 bits per heavy atom. The maximum absolute atomic E-state index is 10.2. The van der Waals surface area contributed by atoms with Crippen LogP contribution in [0.15, 0.2) is 0 Å². The normalized spacial score (nSPS) is 46.8. The lowest BCUT2D eigenvalue weighted by atomic mass is 9.84. The van der Waals surface area contributed by atoms with Crippen molar-refractivity contribution in [3.05, 3.63) is 0 Å². The van der Waals surface area contributed by atoms with Crippen molar-refractivity contribution in [2.45, 2.75) is 51.0 Å². The summed E-state index contributed by atoms with van der Waals surface area (Å²) in [6.45, 7) is 5.93. The molecule has 0 aliphatic carbocycles. The van der Waals surface area contributed by atoms with Crippen LogP contribution >= 0.6 is 0 Å². The second-order valence-electron chi connectivity index (χ2n) is 4.62. The Morgan fingerprint density at radius 2 is 1.92 bits per heavy atom. The van der Waals surface area contributed by atoms with Gasteiger partial charge in [-0.25, -0.2) is 0 Å². The zero-order valence-corrected chi connectivity index (χ0v) is 9.24. The fourth-order valence-corrected chi connectivity index (χ4v) is 2.67. The van der Waals surface area contributed by atoms with Gasteiger partial charge in [-0.05, 0) is 34.9 Å². The molecule has 13 heavy (non-hydrogen) atoms. The van der Waals surface area contributed by atoms with Crippen molar-refractivity contribution >= 4 is 0 Å². The van der Waals surface area contributed by atoms with Crippen LogP contribution in [0.3, 0.4) is 0 Å². The Morgan fingerprint density at radius 1 is 1.38 bits per heavy atom. The van der Waals surface area contributed by atoms with Crippen molar-refractivity contribution in [2.24, 2.45) is 0 Å². The molecule has 0 bridgehead atoms. The minimum atomic E-state index is -0.638. The van der Waals surface area contributed by atoms with Crippen LogP contribution in [0.5, 0.6) is 0 Å². The lowest BCUT2D eigenvalue weighted by Crippen LogP contribution is -2.60. The van der Waals surface area contributed by atoms with Crippen LogP contribution in [0.25, 0.3) is 0 Å². The molecule has 1 saturated heterocycles. The third kappa shape index (κ3) is 2.22. The molecule has 0 radical (unpaired) electrons. The second-order valence-corrected chi connectivity index (χ2v) is 4.62. The molecular weight excluding hydrogens is 166 g/mol. The molecule has 1 rings (SSSR count). The van der Waals surface area contributed by atoms with Gasteiger partial charge in [0, 0.05) is 6.42 Å². The van der Waals surface area contributed by atoms with Crippen molar-refractivity contribution in [1.29, 1.82) is 0 Å². The van der Waals surface area contributed by atoms with Gasteiger partial charge in [0.15, 0.2) is 0 Å². The maximum Gasteiger partial charge on any atom is 0.0823 e. The lowest BCUT2D eigenvalue weighted by molar-refractivity contribution is -0.170. The average molecular weight is 187 g/mol. The first-order valence-corrected chi connectivity index (χ1v) is 4.89. The summed E-state index contributed by atoms with van der Waals surface area (Å²) in [5.74, 6) is 0. The first-order valence-electron chi connectivity index (χ1n) is 4.89. The molecule has 0 aromatic rings. The highest BCUT2D eigenvalue weighted by atomic mass is 16.5. The number of aliphatic hydroxyl groups is 1. The highest BCUT2D eigenvalue weighted by molar-refractivity contribution is 4.96. The lowest BCUT2D eigenvalue weighted by Gasteiger charge is -2.47. The van der Waals surface area contributed by atoms with Gasteiger partial charge in [-0.15, -0.1) is 0 Å². The molecule has 3 heteroatoms. The van der Waals surface area contributed by atoms with Crippen molar-refractivity contribution in [2.75, 3.05) is 14.1 Å². The smallest absolute Gasteiger partial charge is 0.0823 e. The fraction of sp³-hybridized carbons (Fsp3) is 1.00. The average Bonchev–Trinajstić information content (AvgIpc) is 1.78. The minimum absolute atomic E-state index is 0.0868. The number of hydrogen-bond acceptors (Lipinski definition) is 3. The summed E-state index contributed by atoms with van der Waals surface area (Å²) in [5.41, 5.74) is -0.638. The molecule has 1 aliphatic heterocycles. The van der Waals surface area contributed by atoms with E-state index in [0.29, 0.717) is 6.42 Å². The highest BCUT2D eigenvalue weighted by Gasteiger charge is 2.43. The molecule has 0 saturated carbocycles. The zero-order valence-electron chi connectivity index (χ0n) is 9.24. The number of likely N-dealkylation sites (N-methyl/N-ethyl adjacent to an activating group) is 1. The second kappa shape index (κ2) is 3.56. The molecule has 3 nitrogen and oxygen atoms in total. The Labute approximate surface area is 80.7 Å². The summed E-state index contributed by atoms with van der Waals surface area (Å²) in [7, 11) is 3.96. The van der Waals surface area contributed by atoms with E-state index in [1.807, 2.05) is 39.8 Å². The van der Waals surface area contributed by atoms with Gasteiger partial charge in [-0.1, -0.05) is 0 Å². The van der Waals surface area contributed by atoms with E-state index >= 15 is 0 Å². The molecule has 0 aromatic carbocycles. The summed E-state index contributed by atoms with van der Waals surface area (Å²) in [6.07, 6.45) is 0.954. The molecule has 0 aromatic heterocycles. The molecule has 0 spiro atoms. The topological polar surface area (TPSA) is 32.7 Å². The monoisotopic (exact) mass is 187 g/mol. The van der Waals surface area contributed by atoms with Gasteiger partial charge in [-0.2, -0.15) is 0 Å². The van der Waals surface area contributed by atoms with Gasteiger partial charge < -0.3 is 14.7 Å². The third-order valence-electron chi connectivity index (χ3n) is 2.79. The molecular formula is C10H21NO2. The van der Waals surface area contributed by atoms with Crippen LogP contribution in [0, 0.1) is 0 Å². The molecule has 78 valence electrons. The van der Waals surface area contributed by atoms with Crippen LogP contribution in [0.4, 0.5) is 0 Å². The largest absolute Gasteiger partial charge is 0.388 e. The zero-order chi connectivity index (χ0) is 10.2. The van der Waals surface area contributed by atoms with E-state index in [-0.39, 0.29) is 18.2 Å². The predicted octanol–water partition coefficient (Wildman–Crippen LogP) is 0.865. The van der Waals surface area contributed by atoms with Crippen LogP contribution in [-0.2, 0) is 4.74 Å². The van der Waals surface area contributed by atoms with Crippen LogP contribution in [0.1, 0.15) is 27.2 Å². The van der Waals surface area contributed by atoms with Gasteiger partial charge in [0.1, 0.15) is 0 Å². The SMILES string of the molecule is CC1CC(C)(O)C(N(C)C)C(C)O1. The first-order chi connectivity index (χ1) is 5.84. The van der Waals surface area contributed by atoms with Crippen molar-refractivity contribution in [3.63, 3.8) is 0 Å². The molecule has 4 unspecified atom stereocenters. The Kier molecular flexibility index (Phi) is 3.00. The number of ether oxygens (including phenoxy) is 1. The van der Waals surface area contributed by atoms with E-state index in [1.54, 1.807) is 0 Å². The molecule has 1 N–H and O–H groups in total. The van der Waals surface area contributed by atoms with Crippen LogP contribution in [-0.4, -0.2) is 48.0 Å². The molecule has 1 fully saturated rings. The van der Waals surface area contributed by atoms with Gasteiger partial charge in [0.25, 0.3) is 0 Å².